The van der Waals surface area contributed by atoms with Gasteiger partial charge in [-0.3, -0.25) is 4.79 Å². The van der Waals surface area contributed by atoms with Gasteiger partial charge >= 0.3 is 0 Å². The molecule has 0 saturated carbocycles. The Balaban J connectivity index is 1.78. The minimum atomic E-state index is 0.0474. The van der Waals surface area contributed by atoms with Crippen LogP contribution in [0.25, 0.3) is 0 Å². The molecule has 0 bridgehead atoms. The minimum absolute atomic E-state index is 0.0474. The van der Waals surface area contributed by atoms with Crippen LogP contribution in [0.15, 0.2) is 48.5 Å². The Kier molecular flexibility index (Phi) is 6.64. The van der Waals surface area contributed by atoms with Crippen LogP contribution in [0.2, 0.25) is 5.02 Å². The van der Waals surface area contributed by atoms with Crippen molar-refractivity contribution in [2.75, 3.05) is 32.6 Å². The van der Waals surface area contributed by atoms with Gasteiger partial charge in [-0.15, -0.1) is 0 Å². The summed E-state index contributed by atoms with van der Waals surface area (Å²) >= 11 is 5.99. The zero-order chi connectivity index (χ0) is 17.5. The van der Waals surface area contributed by atoms with E-state index in [1.165, 1.54) is 0 Å². The first-order chi connectivity index (χ1) is 11.4. The quantitative estimate of drug-likeness (QED) is 0.801. The lowest BCUT2D eigenvalue weighted by molar-refractivity contribution is -0.885. The van der Waals surface area contributed by atoms with Crippen molar-refractivity contribution >= 4 is 23.2 Å². The van der Waals surface area contributed by atoms with Crippen LogP contribution in [0.3, 0.4) is 0 Å². The standard InChI is InChI=1S/C19H24ClN3O/c1-22(2)18-9-7-15(8-10-18)12-21-19(24)14-23(3)13-16-5-4-6-17(20)11-16/h4-11H,12-14H2,1-3H3,(H,21,24)/p+1. The number of amides is 1. The second kappa shape index (κ2) is 8.71. The van der Waals surface area contributed by atoms with Gasteiger partial charge in [-0.1, -0.05) is 35.9 Å². The minimum Gasteiger partial charge on any atom is -0.378 e. The number of nitrogens with zero attached hydrogens (tertiary/aromatic N) is 1. The number of rotatable bonds is 7. The van der Waals surface area contributed by atoms with Gasteiger partial charge in [-0.25, -0.2) is 0 Å². The molecule has 0 aromatic heterocycles. The molecule has 5 heteroatoms. The Morgan fingerprint density at radius 3 is 2.46 bits per heavy atom. The van der Waals surface area contributed by atoms with Crippen LogP contribution in [0.1, 0.15) is 11.1 Å². The fourth-order valence-corrected chi connectivity index (χ4v) is 2.72. The van der Waals surface area contributed by atoms with Crippen molar-refractivity contribution in [2.24, 2.45) is 0 Å². The highest BCUT2D eigenvalue weighted by molar-refractivity contribution is 6.30. The van der Waals surface area contributed by atoms with Crippen molar-refractivity contribution in [1.82, 2.24) is 5.32 Å². The van der Waals surface area contributed by atoms with Crippen LogP contribution in [0.4, 0.5) is 5.69 Å². The van der Waals surface area contributed by atoms with E-state index in [1.54, 1.807) is 0 Å². The van der Waals surface area contributed by atoms with Gasteiger partial charge in [-0.2, -0.15) is 0 Å². The van der Waals surface area contributed by atoms with E-state index in [4.69, 9.17) is 11.6 Å². The zero-order valence-electron chi connectivity index (χ0n) is 14.5. The van der Waals surface area contributed by atoms with Crippen LogP contribution >= 0.6 is 11.6 Å². The van der Waals surface area contributed by atoms with Crippen molar-refractivity contribution < 1.29 is 9.69 Å². The predicted molar refractivity (Wildman–Crippen MR) is 99.5 cm³/mol. The molecule has 2 aromatic carbocycles. The number of carbonyl (C=O) groups excluding carboxylic acids is 1. The van der Waals surface area contributed by atoms with E-state index in [0.717, 1.165) is 33.3 Å². The third-order valence-corrected chi connectivity index (χ3v) is 4.03. The number of hydrogen-bond donors (Lipinski definition) is 2. The summed E-state index contributed by atoms with van der Waals surface area (Å²) in [6, 6.07) is 15.9. The summed E-state index contributed by atoms with van der Waals surface area (Å²) in [6.07, 6.45) is 0. The number of likely N-dealkylation sites (N-methyl/N-ethyl adjacent to an activating group) is 1. The number of hydrogen-bond acceptors (Lipinski definition) is 2. The average Bonchev–Trinajstić information content (AvgIpc) is 2.53. The van der Waals surface area contributed by atoms with Crippen LogP contribution in [0.5, 0.6) is 0 Å². The molecule has 2 rings (SSSR count). The molecule has 1 unspecified atom stereocenters. The fraction of sp³-hybridized carbons (Fsp3) is 0.316. The molecule has 0 aliphatic rings. The molecule has 4 nitrogen and oxygen atoms in total. The van der Waals surface area contributed by atoms with Crippen molar-refractivity contribution in [3.63, 3.8) is 0 Å². The Hall–Kier alpha value is -2.04. The molecule has 1 atom stereocenters. The smallest absolute Gasteiger partial charge is 0.275 e. The Morgan fingerprint density at radius 2 is 1.83 bits per heavy atom. The van der Waals surface area contributed by atoms with E-state index in [1.807, 2.05) is 57.5 Å². The number of quaternary nitrogens is 1. The molecule has 0 aliphatic heterocycles. The first kappa shape index (κ1) is 18.3. The number of anilines is 1. The fourth-order valence-electron chi connectivity index (χ4n) is 2.51. The van der Waals surface area contributed by atoms with Gasteiger partial charge in [0.2, 0.25) is 0 Å². The second-order valence-electron chi connectivity index (χ2n) is 6.28. The van der Waals surface area contributed by atoms with E-state index in [0.29, 0.717) is 13.1 Å². The van der Waals surface area contributed by atoms with Gasteiger partial charge < -0.3 is 15.1 Å². The molecule has 0 aliphatic carbocycles. The lowest BCUT2D eigenvalue weighted by atomic mass is 10.2. The molecule has 2 aromatic rings. The van der Waals surface area contributed by atoms with Crippen molar-refractivity contribution in [3.05, 3.63) is 64.7 Å². The molecule has 2 N–H and O–H groups in total. The Morgan fingerprint density at radius 1 is 1.12 bits per heavy atom. The molecule has 24 heavy (non-hydrogen) atoms. The van der Waals surface area contributed by atoms with E-state index in [9.17, 15) is 4.79 Å². The van der Waals surface area contributed by atoms with Gasteiger partial charge in [0, 0.05) is 36.9 Å². The summed E-state index contributed by atoms with van der Waals surface area (Å²) in [5, 5.41) is 3.70. The molecule has 0 heterocycles. The molecular weight excluding hydrogens is 322 g/mol. The number of nitrogens with one attached hydrogen (secondary N) is 2. The zero-order valence-corrected chi connectivity index (χ0v) is 15.2. The van der Waals surface area contributed by atoms with Crippen LogP contribution in [0, 0.1) is 0 Å². The van der Waals surface area contributed by atoms with Gasteiger partial charge in [-0.05, 0) is 29.8 Å². The summed E-state index contributed by atoms with van der Waals surface area (Å²) in [6.45, 7) is 1.75. The molecule has 0 spiro atoms. The van der Waals surface area contributed by atoms with Gasteiger partial charge in [0.25, 0.3) is 5.91 Å². The molecule has 0 fully saturated rings. The SMILES string of the molecule is CN(C)c1ccc(CNC(=O)C[NH+](C)Cc2cccc(Cl)c2)cc1. The lowest BCUT2D eigenvalue weighted by Crippen LogP contribution is -3.08. The van der Waals surface area contributed by atoms with E-state index in [-0.39, 0.29) is 5.91 Å². The first-order valence-electron chi connectivity index (χ1n) is 8.03. The monoisotopic (exact) mass is 346 g/mol. The Bertz CT molecular complexity index is 671. The summed E-state index contributed by atoms with van der Waals surface area (Å²) < 4.78 is 0. The average molecular weight is 347 g/mol. The van der Waals surface area contributed by atoms with E-state index in [2.05, 4.69) is 22.3 Å². The molecule has 128 valence electrons. The largest absolute Gasteiger partial charge is 0.378 e. The van der Waals surface area contributed by atoms with Crippen molar-refractivity contribution in [1.29, 1.82) is 0 Å². The van der Waals surface area contributed by atoms with Crippen LogP contribution < -0.4 is 15.1 Å². The highest BCUT2D eigenvalue weighted by Crippen LogP contribution is 2.12. The molecular formula is C19H25ClN3O+. The van der Waals surface area contributed by atoms with E-state index < -0.39 is 0 Å². The maximum absolute atomic E-state index is 12.1. The third kappa shape index (κ3) is 5.87. The normalized spacial score (nSPS) is 11.8. The third-order valence-electron chi connectivity index (χ3n) is 3.80. The van der Waals surface area contributed by atoms with Crippen molar-refractivity contribution in [3.8, 4) is 0 Å². The number of benzene rings is 2. The van der Waals surface area contributed by atoms with Crippen molar-refractivity contribution in [2.45, 2.75) is 13.1 Å². The molecule has 0 saturated heterocycles. The highest BCUT2D eigenvalue weighted by atomic mass is 35.5. The molecule has 0 radical (unpaired) electrons. The summed E-state index contributed by atoms with van der Waals surface area (Å²) in [4.78, 5) is 15.3. The maximum atomic E-state index is 12.1. The highest BCUT2D eigenvalue weighted by Gasteiger charge is 2.10. The van der Waals surface area contributed by atoms with Crippen LogP contribution in [-0.4, -0.2) is 33.6 Å². The molecule has 1 amide bonds. The first-order valence-corrected chi connectivity index (χ1v) is 8.40. The topological polar surface area (TPSA) is 36.8 Å². The van der Waals surface area contributed by atoms with E-state index >= 15 is 0 Å². The lowest BCUT2D eigenvalue weighted by Gasteiger charge is -2.15. The summed E-state index contributed by atoms with van der Waals surface area (Å²) in [5.74, 6) is 0.0474. The Labute approximate surface area is 149 Å². The summed E-state index contributed by atoms with van der Waals surface area (Å²) in [5.41, 5.74) is 3.38. The number of halogens is 1. The predicted octanol–water partition coefficient (Wildman–Crippen LogP) is 1.74. The van der Waals surface area contributed by atoms with Crippen LogP contribution in [-0.2, 0) is 17.9 Å². The second-order valence-corrected chi connectivity index (χ2v) is 6.71. The van der Waals surface area contributed by atoms with Gasteiger partial charge in [0.1, 0.15) is 6.54 Å². The van der Waals surface area contributed by atoms with Gasteiger partial charge in [0.05, 0.1) is 7.05 Å². The maximum Gasteiger partial charge on any atom is 0.275 e. The number of carbonyl (C=O) groups is 1. The van der Waals surface area contributed by atoms with Gasteiger partial charge in [0.15, 0.2) is 6.54 Å². The summed E-state index contributed by atoms with van der Waals surface area (Å²) in [7, 11) is 6.02.